The lowest BCUT2D eigenvalue weighted by atomic mass is 10.1. The van der Waals surface area contributed by atoms with Crippen molar-refractivity contribution in [2.75, 3.05) is 26.2 Å². The molecule has 0 spiro atoms. The van der Waals surface area contributed by atoms with Crippen LogP contribution in [0.1, 0.15) is 47.2 Å². The van der Waals surface area contributed by atoms with Crippen LogP contribution >= 0.6 is 0 Å². The van der Waals surface area contributed by atoms with Gasteiger partial charge in [-0.3, -0.25) is 4.79 Å². The van der Waals surface area contributed by atoms with Gasteiger partial charge in [0.1, 0.15) is 12.4 Å². The number of halogens is 3. The van der Waals surface area contributed by atoms with Crippen LogP contribution in [0.15, 0.2) is 48.5 Å². The van der Waals surface area contributed by atoms with Crippen LogP contribution in [0.4, 0.5) is 13.2 Å². The first-order valence-electron chi connectivity index (χ1n) is 10.8. The molecule has 2 aliphatic heterocycles. The number of amides is 1. The van der Waals surface area contributed by atoms with Crippen molar-refractivity contribution in [3.8, 4) is 5.75 Å². The van der Waals surface area contributed by atoms with Crippen molar-refractivity contribution in [2.24, 2.45) is 0 Å². The zero-order valence-corrected chi connectivity index (χ0v) is 17.4. The van der Waals surface area contributed by atoms with E-state index < -0.39 is 11.7 Å². The maximum Gasteiger partial charge on any atom is 0.416 e. The zero-order valence-electron chi connectivity index (χ0n) is 17.4. The maximum atomic E-state index is 13.0. The molecule has 2 fully saturated rings. The average Bonchev–Trinajstić information content (AvgIpc) is 3.44. The molecule has 0 aliphatic carbocycles. The molecule has 1 atom stereocenters. The Labute approximate surface area is 180 Å². The molecule has 0 bridgehead atoms. The third kappa shape index (κ3) is 5.39. The minimum atomic E-state index is -4.37. The monoisotopic (exact) mass is 432 g/mol. The average molecular weight is 432 g/mol. The molecule has 31 heavy (non-hydrogen) atoms. The quantitative estimate of drug-likeness (QED) is 0.645. The molecule has 2 saturated heterocycles. The second kappa shape index (κ2) is 9.30. The molecule has 0 radical (unpaired) electrons. The van der Waals surface area contributed by atoms with Crippen molar-refractivity contribution < 1.29 is 22.7 Å². The summed E-state index contributed by atoms with van der Waals surface area (Å²) >= 11 is 0. The number of alkyl halides is 3. The smallest absolute Gasteiger partial charge is 0.416 e. The van der Waals surface area contributed by atoms with E-state index in [4.69, 9.17) is 4.74 Å². The predicted molar refractivity (Wildman–Crippen MR) is 112 cm³/mol. The molecule has 2 aliphatic rings. The SMILES string of the molecule is O=C(c1ccc(OCc2cccc(C(F)(F)F)c2)cc1)N1CCCC1CN1CCCC1. The van der Waals surface area contributed by atoms with Crippen molar-refractivity contribution in [3.05, 3.63) is 65.2 Å². The first-order chi connectivity index (χ1) is 14.9. The molecule has 0 saturated carbocycles. The molecule has 166 valence electrons. The lowest BCUT2D eigenvalue weighted by molar-refractivity contribution is -0.137. The van der Waals surface area contributed by atoms with E-state index in [-0.39, 0.29) is 18.6 Å². The minimum Gasteiger partial charge on any atom is -0.489 e. The molecule has 0 aromatic heterocycles. The predicted octanol–water partition coefficient (Wildman–Crippen LogP) is 4.98. The normalized spacial score (nSPS) is 19.7. The summed E-state index contributed by atoms with van der Waals surface area (Å²) in [7, 11) is 0. The van der Waals surface area contributed by atoms with Gasteiger partial charge < -0.3 is 14.5 Å². The molecule has 2 heterocycles. The van der Waals surface area contributed by atoms with Gasteiger partial charge in [-0.15, -0.1) is 0 Å². The van der Waals surface area contributed by atoms with Gasteiger partial charge >= 0.3 is 6.18 Å². The molecule has 1 amide bonds. The van der Waals surface area contributed by atoms with E-state index in [1.165, 1.54) is 18.9 Å². The first kappa shape index (κ1) is 21.7. The highest BCUT2D eigenvalue weighted by Gasteiger charge is 2.32. The Morgan fingerprint density at radius 2 is 1.74 bits per heavy atom. The van der Waals surface area contributed by atoms with E-state index in [9.17, 15) is 18.0 Å². The van der Waals surface area contributed by atoms with Gasteiger partial charge in [-0.1, -0.05) is 12.1 Å². The third-order valence-corrected chi connectivity index (χ3v) is 6.07. The van der Waals surface area contributed by atoms with Crippen LogP contribution in [0.5, 0.6) is 5.75 Å². The van der Waals surface area contributed by atoms with Crippen molar-refractivity contribution in [1.82, 2.24) is 9.80 Å². The van der Waals surface area contributed by atoms with Crippen LogP contribution in [0.3, 0.4) is 0 Å². The van der Waals surface area contributed by atoms with Gasteiger partial charge in [-0.2, -0.15) is 13.2 Å². The fraction of sp³-hybridized carbons (Fsp3) is 0.458. The van der Waals surface area contributed by atoms with Crippen LogP contribution in [0.25, 0.3) is 0 Å². The summed E-state index contributed by atoms with van der Waals surface area (Å²) in [4.78, 5) is 17.4. The van der Waals surface area contributed by atoms with Crippen LogP contribution in [-0.2, 0) is 12.8 Å². The molecule has 0 N–H and O–H groups in total. The second-order valence-corrected chi connectivity index (χ2v) is 8.31. The summed E-state index contributed by atoms with van der Waals surface area (Å²) in [6.45, 7) is 4.00. The maximum absolute atomic E-state index is 13.0. The molecule has 2 aromatic rings. The zero-order chi connectivity index (χ0) is 21.8. The fourth-order valence-corrected chi connectivity index (χ4v) is 4.42. The summed E-state index contributed by atoms with van der Waals surface area (Å²) in [5, 5.41) is 0. The third-order valence-electron chi connectivity index (χ3n) is 6.07. The Morgan fingerprint density at radius 3 is 2.45 bits per heavy atom. The van der Waals surface area contributed by atoms with Crippen LogP contribution in [0.2, 0.25) is 0 Å². The lowest BCUT2D eigenvalue weighted by Crippen LogP contribution is -2.42. The number of nitrogens with zero attached hydrogens (tertiary/aromatic N) is 2. The summed E-state index contributed by atoms with van der Waals surface area (Å²) in [6, 6.07) is 12.2. The van der Waals surface area contributed by atoms with Crippen molar-refractivity contribution in [3.63, 3.8) is 0 Å². The number of hydrogen-bond donors (Lipinski definition) is 0. The van der Waals surface area contributed by atoms with Gasteiger partial charge in [0.15, 0.2) is 0 Å². The number of ether oxygens (including phenoxy) is 1. The first-order valence-corrected chi connectivity index (χ1v) is 10.8. The van der Waals surface area contributed by atoms with Gasteiger partial charge in [0.25, 0.3) is 5.91 Å². The van der Waals surface area contributed by atoms with Crippen molar-refractivity contribution in [1.29, 1.82) is 0 Å². The van der Waals surface area contributed by atoms with Gasteiger partial charge in [-0.05, 0) is 80.7 Å². The fourth-order valence-electron chi connectivity index (χ4n) is 4.42. The Kier molecular flexibility index (Phi) is 6.51. The number of benzene rings is 2. The summed E-state index contributed by atoms with van der Waals surface area (Å²) in [6.07, 6.45) is 0.175. The summed E-state index contributed by atoms with van der Waals surface area (Å²) < 4.78 is 44.2. The van der Waals surface area contributed by atoms with Crippen LogP contribution in [0, 0.1) is 0 Å². The van der Waals surface area contributed by atoms with E-state index in [2.05, 4.69) is 4.90 Å². The molecular weight excluding hydrogens is 405 g/mol. The van der Waals surface area contributed by atoms with E-state index in [0.717, 1.165) is 51.2 Å². The highest BCUT2D eigenvalue weighted by molar-refractivity contribution is 5.94. The van der Waals surface area contributed by atoms with E-state index >= 15 is 0 Å². The van der Waals surface area contributed by atoms with Crippen LogP contribution in [-0.4, -0.2) is 47.9 Å². The summed E-state index contributed by atoms with van der Waals surface area (Å²) in [5.74, 6) is 0.551. The van der Waals surface area contributed by atoms with Crippen LogP contribution < -0.4 is 4.74 Å². The van der Waals surface area contributed by atoms with Gasteiger partial charge in [0.2, 0.25) is 0 Å². The molecule has 1 unspecified atom stereocenters. The van der Waals surface area contributed by atoms with Crippen molar-refractivity contribution in [2.45, 2.75) is 44.5 Å². The minimum absolute atomic E-state index is 0.0290. The van der Waals surface area contributed by atoms with E-state index in [0.29, 0.717) is 16.9 Å². The molecule has 7 heteroatoms. The number of carbonyl (C=O) groups is 1. The highest BCUT2D eigenvalue weighted by Crippen LogP contribution is 2.30. The molecule has 4 nitrogen and oxygen atoms in total. The van der Waals surface area contributed by atoms with Gasteiger partial charge in [0.05, 0.1) is 5.56 Å². The highest BCUT2D eigenvalue weighted by atomic mass is 19.4. The van der Waals surface area contributed by atoms with Gasteiger partial charge in [-0.25, -0.2) is 0 Å². The Hall–Kier alpha value is -2.54. The number of rotatable bonds is 6. The number of carbonyl (C=O) groups excluding carboxylic acids is 1. The number of hydrogen-bond acceptors (Lipinski definition) is 3. The Balaban J connectivity index is 1.35. The Morgan fingerprint density at radius 1 is 1.00 bits per heavy atom. The topological polar surface area (TPSA) is 32.8 Å². The Bertz CT molecular complexity index is 892. The van der Waals surface area contributed by atoms with E-state index in [1.54, 1.807) is 30.3 Å². The lowest BCUT2D eigenvalue weighted by Gasteiger charge is -2.28. The van der Waals surface area contributed by atoms with Gasteiger partial charge in [0, 0.05) is 24.7 Å². The van der Waals surface area contributed by atoms with E-state index in [1.807, 2.05) is 4.90 Å². The standard InChI is InChI=1S/C24H27F3N2O2/c25-24(26,27)20-6-3-5-18(15-20)17-31-22-10-8-19(9-11-22)23(30)29-14-4-7-21(29)16-28-12-1-2-13-28/h3,5-6,8-11,15,21H,1-2,4,7,12-14,16-17H2. The second-order valence-electron chi connectivity index (χ2n) is 8.31. The van der Waals surface area contributed by atoms with Crippen molar-refractivity contribution >= 4 is 5.91 Å². The molecule has 2 aromatic carbocycles. The molecular formula is C24H27F3N2O2. The largest absolute Gasteiger partial charge is 0.489 e. The summed E-state index contributed by atoms with van der Waals surface area (Å²) in [5.41, 5.74) is 0.361. The molecule has 4 rings (SSSR count). The number of likely N-dealkylation sites (tertiary alicyclic amines) is 2.